The number of aryl methyl sites for hydroxylation is 2. The summed E-state index contributed by atoms with van der Waals surface area (Å²) in [4.78, 5) is 4.23. The van der Waals surface area contributed by atoms with Crippen LogP contribution in [0.25, 0.3) is 0 Å². The molecule has 0 unspecified atom stereocenters. The highest BCUT2D eigenvalue weighted by molar-refractivity contribution is 7.89. The third-order valence-electron chi connectivity index (χ3n) is 3.12. The van der Waals surface area contributed by atoms with Crippen LogP contribution in [0.4, 0.5) is 5.69 Å². The van der Waals surface area contributed by atoms with Gasteiger partial charge in [0.25, 0.3) is 0 Å². The highest BCUT2D eigenvalue weighted by Gasteiger charge is 2.19. The lowest BCUT2D eigenvalue weighted by atomic mass is 10.1. The van der Waals surface area contributed by atoms with Gasteiger partial charge in [0.1, 0.15) is 5.76 Å². The van der Waals surface area contributed by atoms with E-state index in [-0.39, 0.29) is 11.4 Å². The van der Waals surface area contributed by atoms with Gasteiger partial charge < -0.3 is 10.2 Å². The number of anilines is 1. The van der Waals surface area contributed by atoms with Crippen molar-refractivity contribution < 1.29 is 12.8 Å². The fourth-order valence-corrected chi connectivity index (χ4v) is 3.26. The molecule has 6 nitrogen and oxygen atoms in total. The maximum Gasteiger partial charge on any atom is 0.241 e. The second-order valence-electron chi connectivity index (χ2n) is 4.62. The van der Waals surface area contributed by atoms with E-state index in [2.05, 4.69) is 9.71 Å². The molecule has 0 radical (unpaired) electrons. The Balaban J connectivity index is 2.20. The van der Waals surface area contributed by atoms with E-state index < -0.39 is 10.0 Å². The zero-order chi connectivity index (χ0) is 15.5. The quantitative estimate of drug-likeness (QED) is 0.794. The molecule has 0 atom stereocenters. The molecule has 21 heavy (non-hydrogen) atoms. The zero-order valence-electron chi connectivity index (χ0n) is 12.1. The number of benzene rings is 1. The van der Waals surface area contributed by atoms with Crippen molar-refractivity contribution in [2.24, 2.45) is 0 Å². The fourth-order valence-electron chi connectivity index (χ4n) is 1.94. The number of nitrogen functional groups attached to an aromatic ring is 1. The number of hydrogen-bond donors (Lipinski definition) is 2. The van der Waals surface area contributed by atoms with Crippen molar-refractivity contribution in [3.63, 3.8) is 0 Å². The molecular formula is C14H19N3O3S. The number of aromatic nitrogens is 1. The van der Waals surface area contributed by atoms with Crippen molar-refractivity contribution in [3.8, 4) is 0 Å². The molecule has 0 aliphatic rings. The summed E-state index contributed by atoms with van der Waals surface area (Å²) in [7, 11) is -3.65. The van der Waals surface area contributed by atoms with E-state index in [1.54, 1.807) is 18.3 Å². The molecule has 0 aliphatic heterocycles. The first-order chi connectivity index (χ1) is 9.96. The lowest BCUT2D eigenvalue weighted by molar-refractivity contribution is 0.452. The molecule has 0 saturated heterocycles. The minimum absolute atomic E-state index is 0.0142. The van der Waals surface area contributed by atoms with Crippen molar-refractivity contribution in [1.82, 2.24) is 9.71 Å². The molecule has 1 heterocycles. The Morgan fingerprint density at radius 3 is 2.67 bits per heavy atom. The zero-order valence-corrected chi connectivity index (χ0v) is 12.9. The Morgan fingerprint density at radius 2 is 2.05 bits per heavy atom. The molecule has 2 rings (SSSR count). The Kier molecular flexibility index (Phi) is 4.64. The largest absolute Gasteiger partial charge is 0.444 e. The molecule has 0 saturated carbocycles. The van der Waals surface area contributed by atoms with Crippen LogP contribution in [0, 0.1) is 0 Å². The van der Waals surface area contributed by atoms with Crippen LogP contribution < -0.4 is 10.5 Å². The van der Waals surface area contributed by atoms with Gasteiger partial charge in [-0.1, -0.05) is 19.9 Å². The third kappa shape index (κ3) is 3.62. The number of oxazole rings is 1. The molecule has 0 amide bonds. The molecular weight excluding hydrogens is 290 g/mol. The van der Waals surface area contributed by atoms with Crippen LogP contribution >= 0.6 is 0 Å². The maximum atomic E-state index is 12.4. The van der Waals surface area contributed by atoms with Crippen molar-refractivity contribution >= 4 is 15.7 Å². The van der Waals surface area contributed by atoms with Crippen molar-refractivity contribution in [2.45, 2.75) is 38.1 Å². The predicted molar refractivity (Wildman–Crippen MR) is 80.1 cm³/mol. The second kappa shape index (κ2) is 6.28. The Morgan fingerprint density at radius 1 is 1.29 bits per heavy atom. The summed E-state index contributed by atoms with van der Waals surface area (Å²) in [6.45, 7) is 3.85. The van der Waals surface area contributed by atoms with Crippen LogP contribution in [-0.2, 0) is 29.4 Å². The van der Waals surface area contributed by atoms with Crippen molar-refractivity contribution in [2.75, 3.05) is 5.73 Å². The molecule has 0 fully saturated rings. The molecule has 1 aromatic heterocycles. The van der Waals surface area contributed by atoms with Gasteiger partial charge in [0.2, 0.25) is 15.9 Å². The Bertz CT molecular complexity index is 723. The van der Waals surface area contributed by atoms with Gasteiger partial charge in [-0.25, -0.2) is 18.1 Å². The van der Waals surface area contributed by atoms with Crippen LogP contribution in [0.5, 0.6) is 0 Å². The highest BCUT2D eigenvalue weighted by Crippen LogP contribution is 2.20. The van der Waals surface area contributed by atoms with Gasteiger partial charge in [-0.3, -0.25) is 0 Å². The molecule has 114 valence electrons. The van der Waals surface area contributed by atoms with Crippen molar-refractivity contribution in [1.29, 1.82) is 0 Å². The summed E-state index contributed by atoms with van der Waals surface area (Å²) in [5.41, 5.74) is 6.82. The topological polar surface area (TPSA) is 98.2 Å². The second-order valence-corrected chi connectivity index (χ2v) is 6.35. The summed E-state index contributed by atoms with van der Waals surface area (Å²) in [6.07, 6.45) is 2.92. The molecule has 0 bridgehead atoms. The van der Waals surface area contributed by atoms with E-state index >= 15 is 0 Å². The number of nitrogens with one attached hydrogen (secondary N) is 1. The normalized spacial score (nSPS) is 11.7. The number of hydrogen-bond acceptors (Lipinski definition) is 5. The minimum Gasteiger partial charge on any atom is -0.444 e. The predicted octanol–water partition coefficient (Wildman–Crippen LogP) is 1.86. The summed E-state index contributed by atoms with van der Waals surface area (Å²) < 4.78 is 32.6. The molecule has 7 heteroatoms. The standard InChI is InChI=1S/C14H19N3O3S/c1-3-10-5-6-11(15)7-13(10)21(18,19)17-9-14-16-8-12(4-2)20-14/h5-8,17H,3-4,9,15H2,1-2H3. The van der Waals surface area contributed by atoms with Crippen LogP contribution in [0.3, 0.4) is 0 Å². The van der Waals surface area contributed by atoms with Crippen LogP contribution in [0.2, 0.25) is 0 Å². The van der Waals surface area contributed by atoms with E-state index in [1.165, 1.54) is 6.07 Å². The van der Waals surface area contributed by atoms with Gasteiger partial charge in [-0.2, -0.15) is 0 Å². The minimum atomic E-state index is -3.65. The molecule has 0 spiro atoms. The van der Waals surface area contributed by atoms with E-state index in [0.29, 0.717) is 18.0 Å². The molecule has 0 aliphatic carbocycles. The van der Waals surface area contributed by atoms with E-state index in [1.807, 2.05) is 13.8 Å². The Hall–Kier alpha value is -1.86. The van der Waals surface area contributed by atoms with Crippen LogP contribution in [0.1, 0.15) is 31.1 Å². The maximum absolute atomic E-state index is 12.4. The van der Waals surface area contributed by atoms with Gasteiger partial charge in [0.15, 0.2) is 0 Å². The third-order valence-corrected chi connectivity index (χ3v) is 4.61. The van der Waals surface area contributed by atoms with Gasteiger partial charge >= 0.3 is 0 Å². The van der Waals surface area contributed by atoms with E-state index in [4.69, 9.17) is 10.2 Å². The average Bonchev–Trinajstić information content (AvgIpc) is 2.93. The summed E-state index contributed by atoms with van der Waals surface area (Å²) in [5, 5.41) is 0. The molecule has 1 aromatic carbocycles. The first-order valence-electron chi connectivity index (χ1n) is 6.78. The highest BCUT2D eigenvalue weighted by atomic mass is 32.2. The number of rotatable bonds is 6. The number of nitrogens with zero attached hydrogens (tertiary/aromatic N) is 1. The van der Waals surface area contributed by atoms with Crippen LogP contribution in [0.15, 0.2) is 33.7 Å². The van der Waals surface area contributed by atoms with Gasteiger partial charge in [-0.05, 0) is 24.1 Å². The summed E-state index contributed by atoms with van der Waals surface area (Å²) in [6, 6.07) is 4.89. The monoisotopic (exact) mass is 309 g/mol. The van der Waals surface area contributed by atoms with E-state index in [0.717, 1.165) is 17.7 Å². The lowest BCUT2D eigenvalue weighted by Crippen LogP contribution is -2.24. The van der Waals surface area contributed by atoms with Gasteiger partial charge in [0.05, 0.1) is 17.6 Å². The number of sulfonamides is 1. The first-order valence-corrected chi connectivity index (χ1v) is 8.26. The molecule has 2 aromatic rings. The lowest BCUT2D eigenvalue weighted by Gasteiger charge is -2.10. The average molecular weight is 309 g/mol. The number of nitrogens with two attached hydrogens (primary N) is 1. The first kappa shape index (κ1) is 15.5. The molecule has 3 N–H and O–H groups in total. The van der Waals surface area contributed by atoms with Gasteiger partial charge in [0, 0.05) is 12.1 Å². The summed E-state index contributed by atoms with van der Waals surface area (Å²) >= 11 is 0. The van der Waals surface area contributed by atoms with E-state index in [9.17, 15) is 8.42 Å². The SMILES string of the molecule is CCc1cnc(CNS(=O)(=O)c2cc(N)ccc2CC)o1. The van der Waals surface area contributed by atoms with Crippen LogP contribution in [-0.4, -0.2) is 13.4 Å². The smallest absolute Gasteiger partial charge is 0.241 e. The Labute approximate surface area is 124 Å². The van der Waals surface area contributed by atoms with Crippen molar-refractivity contribution in [3.05, 3.63) is 41.6 Å². The fraction of sp³-hybridized carbons (Fsp3) is 0.357. The van der Waals surface area contributed by atoms with Gasteiger partial charge in [-0.15, -0.1) is 0 Å². The summed E-state index contributed by atoms with van der Waals surface area (Å²) in [5.74, 6) is 1.07.